The Labute approximate surface area is 122 Å². The largest absolute Gasteiger partial charge is 0.398 e. The lowest BCUT2D eigenvalue weighted by molar-refractivity contribution is 0.102. The summed E-state index contributed by atoms with van der Waals surface area (Å²) in [6.45, 7) is 1.79. The number of carbonyl (C=O) groups is 1. The highest BCUT2D eigenvalue weighted by atomic mass is 32.2. The van der Waals surface area contributed by atoms with Gasteiger partial charge in [-0.05, 0) is 42.8 Å². The average molecular weight is 305 g/mol. The summed E-state index contributed by atoms with van der Waals surface area (Å²) in [4.78, 5) is 12.2. The normalized spacial score (nSPS) is 11.1. The van der Waals surface area contributed by atoms with Crippen molar-refractivity contribution in [3.8, 4) is 0 Å². The molecule has 7 heteroatoms. The third-order valence-electron chi connectivity index (χ3n) is 2.97. The van der Waals surface area contributed by atoms with E-state index >= 15 is 0 Å². The molecule has 6 nitrogen and oxygen atoms in total. The molecule has 0 heterocycles. The van der Waals surface area contributed by atoms with Crippen LogP contribution >= 0.6 is 0 Å². The number of aryl methyl sites for hydroxylation is 1. The summed E-state index contributed by atoms with van der Waals surface area (Å²) in [7, 11) is -3.75. The summed E-state index contributed by atoms with van der Waals surface area (Å²) >= 11 is 0. The van der Waals surface area contributed by atoms with E-state index in [-0.39, 0.29) is 10.8 Å². The number of sulfonamides is 1. The topological polar surface area (TPSA) is 115 Å². The lowest BCUT2D eigenvalue weighted by Crippen LogP contribution is -2.16. The Morgan fingerprint density at radius 1 is 1.10 bits per heavy atom. The van der Waals surface area contributed by atoms with Gasteiger partial charge >= 0.3 is 0 Å². The smallest absolute Gasteiger partial charge is 0.258 e. The third kappa shape index (κ3) is 3.39. The Morgan fingerprint density at radius 2 is 1.71 bits per heavy atom. The first-order valence-electron chi connectivity index (χ1n) is 6.08. The van der Waals surface area contributed by atoms with Gasteiger partial charge in [0, 0.05) is 11.4 Å². The molecule has 5 N–H and O–H groups in total. The lowest BCUT2D eigenvalue weighted by Gasteiger charge is -2.10. The monoisotopic (exact) mass is 305 g/mol. The summed E-state index contributed by atoms with van der Waals surface area (Å²) in [5.41, 5.74) is 7.79. The summed E-state index contributed by atoms with van der Waals surface area (Å²) in [5.74, 6) is -0.353. The number of benzene rings is 2. The standard InChI is InChI=1S/C14H15N3O3S/c1-9-3-2-4-12(15)13(9)14(18)17-10-5-7-11(8-6-10)21(16,19)20/h2-8H,15H2,1H3,(H,17,18)(H2,16,19,20). The molecule has 0 aliphatic heterocycles. The molecule has 2 aromatic carbocycles. The van der Waals surface area contributed by atoms with Gasteiger partial charge in [0.2, 0.25) is 10.0 Å². The molecule has 0 bridgehead atoms. The Morgan fingerprint density at radius 3 is 2.24 bits per heavy atom. The molecule has 110 valence electrons. The molecule has 0 unspecified atom stereocenters. The number of nitrogens with two attached hydrogens (primary N) is 2. The number of hydrogen-bond acceptors (Lipinski definition) is 4. The van der Waals surface area contributed by atoms with Gasteiger partial charge in [-0.15, -0.1) is 0 Å². The molecule has 0 saturated carbocycles. The van der Waals surface area contributed by atoms with Crippen molar-refractivity contribution in [3.63, 3.8) is 0 Å². The molecule has 0 spiro atoms. The number of rotatable bonds is 3. The molecular weight excluding hydrogens is 290 g/mol. The highest BCUT2D eigenvalue weighted by Crippen LogP contribution is 2.19. The van der Waals surface area contributed by atoms with Crippen molar-refractivity contribution in [1.29, 1.82) is 0 Å². The Hall–Kier alpha value is -2.38. The number of anilines is 2. The van der Waals surface area contributed by atoms with Gasteiger partial charge in [-0.25, -0.2) is 13.6 Å². The number of nitrogen functional groups attached to an aromatic ring is 1. The van der Waals surface area contributed by atoms with Gasteiger partial charge in [-0.3, -0.25) is 4.79 Å². The summed E-state index contributed by atoms with van der Waals surface area (Å²) < 4.78 is 22.3. The van der Waals surface area contributed by atoms with Crippen molar-refractivity contribution in [2.45, 2.75) is 11.8 Å². The van der Waals surface area contributed by atoms with Crippen LogP contribution in [0.25, 0.3) is 0 Å². The number of nitrogens with one attached hydrogen (secondary N) is 1. The van der Waals surface area contributed by atoms with Crippen LogP contribution in [0.2, 0.25) is 0 Å². The predicted octanol–water partition coefficient (Wildman–Crippen LogP) is 1.48. The fourth-order valence-corrected chi connectivity index (χ4v) is 2.44. The van der Waals surface area contributed by atoms with Crippen LogP contribution in [0.15, 0.2) is 47.4 Å². The van der Waals surface area contributed by atoms with E-state index < -0.39 is 10.0 Å². The highest BCUT2D eigenvalue weighted by molar-refractivity contribution is 7.89. The molecule has 0 aromatic heterocycles. The van der Waals surface area contributed by atoms with E-state index in [9.17, 15) is 13.2 Å². The number of carbonyl (C=O) groups excluding carboxylic acids is 1. The van der Waals surface area contributed by atoms with E-state index in [1.807, 2.05) is 0 Å². The molecule has 2 aromatic rings. The van der Waals surface area contributed by atoms with Crippen LogP contribution in [0.5, 0.6) is 0 Å². The quantitative estimate of drug-likeness (QED) is 0.745. The predicted molar refractivity (Wildman–Crippen MR) is 81.4 cm³/mol. The van der Waals surface area contributed by atoms with Crippen LogP contribution in [0, 0.1) is 6.92 Å². The molecule has 0 saturated heterocycles. The second-order valence-electron chi connectivity index (χ2n) is 4.56. The van der Waals surface area contributed by atoms with Gasteiger partial charge in [-0.1, -0.05) is 12.1 Å². The van der Waals surface area contributed by atoms with Crippen molar-refractivity contribution in [3.05, 3.63) is 53.6 Å². The van der Waals surface area contributed by atoms with Gasteiger partial charge in [-0.2, -0.15) is 0 Å². The van der Waals surface area contributed by atoms with E-state index in [1.165, 1.54) is 24.3 Å². The first-order chi connectivity index (χ1) is 9.79. The van der Waals surface area contributed by atoms with Crippen LogP contribution in [-0.2, 0) is 10.0 Å². The van der Waals surface area contributed by atoms with Gasteiger partial charge in [0.25, 0.3) is 5.91 Å². The molecule has 0 radical (unpaired) electrons. The molecule has 1 amide bonds. The molecule has 21 heavy (non-hydrogen) atoms. The van der Waals surface area contributed by atoms with Crippen LogP contribution in [0.3, 0.4) is 0 Å². The molecule has 0 atom stereocenters. The van der Waals surface area contributed by atoms with Gasteiger partial charge in [0.15, 0.2) is 0 Å². The fraction of sp³-hybridized carbons (Fsp3) is 0.0714. The molecule has 2 rings (SSSR count). The Balaban J connectivity index is 2.24. The maximum atomic E-state index is 12.2. The SMILES string of the molecule is Cc1cccc(N)c1C(=O)Nc1ccc(S(N)(=O)=O)cc1. The minimum atomic E-state index is -3.75. The van der Waals surface area contributed by atoms with E-state index in [1.54, 1.807) is 25.1 Å². The minimum Gasteiger partial charge on any atom is -0.398 e. The van der Waals surface area contributed by atoms with Gasteiger partial charge in [0.05, 0.1) is 10.5 Å². The zero-order valence-corrected chi connectivity index (χ0v) is 12.1. The lowest BCUT2D eigenvalue weighted by atomic mass is 10.1. The average Bonchev–Trinajstić information content (AvgIpc) is 2.38. The van der Waals surface area contributed by atoms with Crippen LogP contribution < -0.4 is 16.2 Å². The van der Waals surface area contributed by atoms with Crippen molar-refractivity contribution in [2.24, 2.45) is 5.14 Å². The molecule has 0 fully saturated rings. The molecule has 0 aliphatic carbocycles. The Bertz CT molecular complexity index is 763. The molecular formula is C14H15N3O3S. The zero-order chi connectivity index (χ0) is 15.6. The Kier molecular flexibility index (Phi) is 3.97. The summed E-state index contributed by atoms with van der Waals surface area (Å²) in [6.07, 6.45) is 0. The zero-order valence-electron chi connectivity index (χ0n) is 11.3. The van der Waals surface area contributed by atoms with Crippen molar-refractivity contribution >= 4 is 27.3 Å². The van der Waals surface area contributed by atoms with Crippen LogP contribution in [0.1, 0.15) is 15.9 Å². The fourth-order valence-electron chi connectivity index (χ4n) is 1.92. The maximum Gasteiger partial charge on any atom is 0.258 e. The first-order valence-corrected chi connectivity index (χ1v) is 7.63. The van der Waals surface area contributed by atoms with Crippen molar-refractivity contribution in [1.82, 2.24) is 0 Å². The van der Waals surface area contributed by atoms with E-state index in [0.29, 0.717) is 16.9 Å². The number of hydrogen-bond donors (Lipinski definition) is 3. The summed E-state index contributed by atoms with van der Waals surface area (Å²) in [6, 6.07) is 10.8. The first kappa shape index (κ1) is 15.0. The highest BCUT2D eigenvalue weighted by Gasteiger charge is 2.13. The van der Waals surface area contributed by atoms with Crippen LogP contribution in [0.4, 0.5) is 11.4 Å². The third-order valence-corrected chi connectivity index (χ3v) is 3.90. The van der Waals surface area contributed by atoms with Crippen molar-refractivity contribution < 1.29 is 13.2 Å². The second-order valence-corrected chi connectivity index (χ2v) is 6.12. The van der Waals surface area contributed by atoms with E-state index in [4.69, 9.17) is 10.9 Å². The van der Waals surface area contributed by atoms with Crippen LogP contribution in [-0.4, -0.2) is 14.3 Å². The van der Waals surface area contributed by atoms with Gasteiger partial charge < -0.3 is 11.1 Å². The minimum absolute atomic E-state index is 0.0177. The van der Waals surface area contributed by atoms with E-state index in [0.717, 1.165) is 5.56 Å². The second kappa shape index (κ2) is 5.55. The molecule has 0 aliphatic rings. The van der Waals surface area contributed by atoms with Gasteiger partial charge in [0.1, 0.15) is 0 Å². The maximum absolute atomic E-state index is 12.2. The van der Waals surface area contributed by atoms with E-state index in [2.05, 4.69) is 5.32 Å². The number of primary sulfonamides is 1. The van der Waals surface area contributed by atoms with Crippen molar-refractivity contribution in [2.75, 3.05) is 11.1 Å². The number of amides is 1. The summed E-state index contributed by atoms with van der Waals surface area (Å²) in [5, 5.41) is 7.67.